The maximum Gasteiger partial charge on any atom is 0.352 e. The topological polar surface area (TPSA) is 106 Å². The first-order valence-corrected chi connectivity index (χ1v) is 7.66. The lowest BCUT2D eigenvalue weighted by atomic mass is 10.2. The molecule has 0 fully saturated rings. The average Bonchev–Trinajstić information content (AvgIpc) is 2.66. The molecule has 0 unspecified atom stereocenters. The predicted molar refractivity (Wildman–Crippen MR) is 79.1 cm³/mol. The minimum Gasteiger partial charge on any atom is -0.502 e. The van der Waals surface area contributed by atoms with Crippen LogP contribution in [0.2, 0.25) is 0 Å². The van der Waals surface area contributed by atoms with E-state index in [-0.39, 0.29) is 5.39 Å². The Balaban J connectivity index is 2.58. The zero-order valence-corrected chi connectivity index (χ0v) is 12.6. The van der Waals surface area contributed by atoms with Gasteiger partial charge in [-0.15, -0.1) is 0 Å². The van der Waals surface area contributed by atoms with Crippen molar-refractivity contribution in [3.05, 3.63) is 26.5 Å². The molecule has 1 heterocycles. The number of benzene rings is 1. The van der Waals surface area contributed by atoms with Gasteiger partial charge in [0.1, 0.15) is 5.39 Å². The maximum atomic E-state index is 12.1. The Bertz CT molecular complexity index is 724. The molecule has 7 nitrogen and oxygen atoms in total. The number of hydrogen-bond donors (Lipinski definition) is 2. The van der Waals surface area contributed by atoms with Crippen LogP contribution in [0.25, 0.3) is 10.1 Å². The van der Waals surface area contributed by atoms with E-state index < -0.39 is 27.7 Å². The molecule has 0 saturated heterocycles. The molecule has 0 bridgehead atoms. The summed E-state index contributed by atoms with van der Waals surface area (Å²) in [5.74, 6) is -1.42. The Morgan fingerprint density at radius 2 is 2.10 bits per heavy atom. The summed E-state index contributed by atoms with van der Waals surface area (Å²) in [5.41, 5.74) is -1.31. The van der Waals surface area contributed by atoms with Crippen LogP contribution in [0.15, 0.2) is 10.9 Å². The van der Waals surface area contributed by atoms with Crippen molar-refractivity contribution in [2.24, 2.45) is 0 Å². The molecule has 0 radical (unpaired) electrons. The van der Waals surface area contributed by atoms with E-state index in [1.165, 1.54) is 3.96 Å². The largest absolute Gasteiger partial charge is 0.502 e. The van der Waals surface area contributed by atoms with Gasteiger partial charge in [0.05, 0.1) is 9.62 Å². The van der Waals surface area contributed by atoms with E-state index in [1.807, 2.05) is 0 Å². The number of nitrogens with zero attached hydrogens (tertiary/aromatic N) is 2. The fraction of sp³-hybridized carbons (Fsp3) is 0.364. The second-order valence-electron chi connectivity index (χ2n) is 4.12. The van der Waals surface area contributed by atoms with E-state index in [0.717, 1.165) is 35.8 Å². The number of aromatic nitrogens is 1. The summed E-state index contributed by atoms with van der Waals surface area (Å²) in [6, 6.07) is 1.14. The highest BCUT2D eigenvalue weighted by Crippen LogP contribution is 2.41. The van der Waals surface area contributed by atoms with E-state index in [4.69, 9.17) is 0 Å². The second kappa shape index (κ2) is 5.80. The van der Waals surface area contributed by atoms with Gasteiger partial charge in [-0.3, -0.25) is 18.9 Å². The summed E-state index contributed by atoms with van der Waals surface area (Å²) in [7, 11) is 0. The molecule has 1 aromatic heterocycles. The van der Waals surface area contributed by atoms with Crippen molar-refractivity contribution in [3.63, 3.8) is 0 Å². The van der Waals surface area contributed by atoms with Gasteiger partial charge in [-0.05, 0) is 12.8 Å². The lowest BCUT2D eigenvalue weighted by Gasteiger charge is -1.98. The number of halogens is 1. The standard InChI is InChI=1S/C11H11BrN2O5S/c12-3-1-2-4-13-11(17)8-7(20-13)5-6(15)9(10(8)16)14(18)19/h5,15-16H,1-4H2. The van der Waals surface area contributed by atoms with Crippen molar-refractivity contribution >= 4 is 43.2 Å². The van der Waals surface area contributed by atoms with Gasteiger partial charge in [0.25, 0.3) is 5.56 Å². The Hall–Kier alpha value is -1.61. The third kappa shape index (κ3) is 2.50. The SMILES string of the molecule is O=c1c2c(O)c([N+](=O)[O-])c(O)cc2sn1CCCCBr. The van der Waals surface area contributed by atoms with Crippen molar-refractivity contribution < 1.29 is 15.1 Å². The van der Waals surface area contributed by atoms with Crippen LogP contribution in [0.5, 0.6) is 11.5 Å². The number of nitro groups is 1. The van der Waals surface area contributed by atoms with Crippen LogP contribution in [-0.4, -0.2) is 24.4 Å². The Labute approximate surface area is 125 Å². The van der Waals surface area contributed by atoms with E-state index in [9.17, 15) is 25.1 Å². The molecule has 0 saturated carbocycles. The number of nitro benzene ring substituents is 1. The highest BCUT2D eigenvalue weighted by molar-refractivity contribution is 9.09. The van der Waals surface area contributed by atoms with Gasteiger partial charge in [0, 0.05) is 17.9 Å². The molecule has 0 atom stereocenters. The van der Waals surface area contributed by atoms with E-state index in [1.54, 1.807) is 0 Å². The van der Waals surface area contributed by atoms with Crippen LogP contribution in [0.3, 0.4) is 0 Å². The Kier molecular flexibility index (Phi) is 4.29. The van der Waals surface area contributed by atoms with Gasteiger partial charge in [-0.2, -0.15) is 0 Å². The molecule has 0 spiro atoms. The molecule has 20 heavy (non-hydrogen) atoms. The Morgan fingerprint density at radius 1 is 1.40 bits per heavy atom. The number of rotatable bonds is 5. The monoisotopic (exact) mass is 362 g/mol. The highest BCUT2D eigenvalue weighted by Gasteiger charge is 2.26. The summed E-state index contributed by atoms with van der Waals surface area (Å²) >= 11 is 4.36. The van der Waals surface area contributed by atoms with Crippen LogP contribution in [-0.2, 0) is 6.54 Å². The van der Waals surface area contributed by atoms with Crippen LogP contribution in [0.1, 0.15) is 12.8 Å². The summed E-state index contributed by atoms with van der Waals surface area (Å²) in [5, 5.41) is 30.9. The molecule has 1 aromatic carbocycles. The van der Waals surface area contributed by atoms with Crippen molar-refractivity contribution in [1.29, 1.82) is 0 Å². The maximum absolute atomic E-state index is 12.1. The van der Waals surface area contributed by atoms with Gasteiger partial charge < -0.3 is 10.2 Å². The molecule has 0 amide bonds. The summed E-state index contributed by atoms with van der Waals surface area (Å²) in [4.78, 5) is 22.0. The minimum absolute atomic E-state index is 0.113. The third-order valence-electron chi connectivity index (χ3n) is 2.79. The molecular weight excluding hydrogens is 352 g/mol. The average molecular weight is 363 g/mol. The minimum atomic E-state index is -0.906. The van der Waals surface area contributed by atoms with Gasteiger partial charge in [-0.1, -0.05) is 27.5 Å². The van der Waals surface area contributed by atoms with Crippen LogP contribution in [0.4, 0.5) is 5.69 Å². The number of unbranched alkanes of at least 4 members (excludes halogenated alkanes) is 1. The molecule has 0 aliphatic carbocycles. The second-order valence-corrected chi connectivity index (χ2v) is 5.97. The first kappa shape index (κ1) is 14.8. The zero-order chi connectivity index (χ0) is 14.9. The fourth-order valence-electron chi connectivity index (χ4n) is 1.86. The van der Waals surface area contributed by atoms with Gasteiger partial charge in [0.2, 0.25) is 5.75 Å². The first-order chi connectivity index (χ1) is 9.47. The number of hydrogen-bond acceptors (Lipinski definition) is 6. The molecule has 108 valence electrons. The van der Waals surface area contributed by atoms with Crippen molar-refractivity contribution in [2.45, 2.75) is 19.4 Å². The molecule has 2 rings (SSSR count). The molecule has 2 aromatic rings. The van der Waals surface area contributed by atoms with Crippen LogP contribution >= 0.6 is 27.5 Å². The molecule has 2 N–H and O–H groups in total. The number of alkyl halides is 1. The van der Waals surface area contributed by atoms with Crippen LogP contribution < -0.4 is 5.56 Å². The van der Waals surface area contributed by atoms with Crippen molar-refractivity contribution in [3.8, 4) is 11.5 Å². The number of aromatic hydroxyl groups is 2. The first-order valence-electron chi connectivity index (χ1n) is 5.76. The molecule has 0 aliphatic rings. The van der Waals surface area contributed by atoms with Crippen LogP contribution in [0, 0.1) is 10.1 Å². The lowest BCUT2D eigenvalue weighted by Crippen LogP contribution is -2.13. The van der Waals surface area contributed by atoms with E-state index in [2.05, 4.69) is 15.9 Å². The fourth-order valence-corrected chi connectivity index (χ4v) is 3.33. The van der Waals surface area contributed by atoms with Gasteiger partial charge >= 0.3 is 5.69 Å². The number of fused-ring (bicyclic) bond motifs is 1. The molecule has 0 aliphatic heterocycles. The van der Waals surface area contributed by atoms with Gasteiger partial charge in [-0.25, -0.2) is 0 Å². The van der Waals surface area contributed by atoms with Gasteiger partial charge in [0.15, 0.2) is 5.75 Å². The number of phenols is 2. The smallest absolute Gasteiger partial charge is 0.352 e. The lowest BCUT2D eigenvalue weighted by molar-refractivity contribution is -0.386. The summed E-state index contributed by atoms with van der Waals surface area (Å²) < 4.78 is 1.75. The Morgan fingerprint density at radius 3 is 2.70 bits per heavy atom. The zero-order valence-electron chi connectivity index (χ0n) is 10.2. The summed E-state index contributed by atoms with van der Waals surface area (Å²) in [6.45, 7) is 0.470. The molecule has 9 heteroatoms. The van der Waals surface area contributed by atoms with Crippen molar-refractivity contribution in [1.82, 2.24) is 3.96 Å². The number of aryl methyl sites for hydroxylation is 1. The quantitative estimate of drug-likeness (QED) is 0.368. The predicted octanol–water partition coefficient (Wildman–Crippen LogP) is 2.56. The highest BCUT2D eigenvalue weighted by atomic mass is 79.9. The van der Waals surface area contributed by atoms with E-state index in [0.29, 0.717) is 11.2 Å². The molecular formula is C11H11BrN2O5S. The summed E-state index contributed by atoms with van der Waals surface area (Å²) in [6.07, 6.45) is 1.66. The van der Waals surface area contributed by atoms with Crippen molar-refractivity contribution in [2.75, 3.05) is 5.33 Å². The third-order valence-corrected chi connectivity index (χ3v) is 4.44. The normalized spacial score (nSPS) is 11.1. The number of phenolic OH excluding ortho intramolecular Hbond substituents is 2. The van der Waals surface area contributed by atoms with E-state index >= 15 is 0 Å².